The van der Waals surface area contributed by atoms with Gasteiger partial charge in [0.15, 0.2) is 6.10 Å². The van der Waals surface area contributed by atoms with Gasteiger partial charge in [-0.15, -0.1) is 11.3 Å². The molecule has 3 aromatic rings. The van der Waals surface area contributed by atoms with Crippen LogP contribution >= 0.6 is 22.9 Å². The van der Waals surface area contributed by atoms with Gasteiger partial charge < -0.3 is 0 Å². The second-order valence-corrected chi connectivity index (χ2v) is 8.58. The van der Waals surface area contributed by atoms with E-state index in [9.17, 15) is 9.59 Å². The van der Waals surface area contributed by atoms with Crippen LogP contribution < -0.4 is 9.96 Å². The van der Waals surface area contributed by atoms with Crippen molar-refractivity contribution in [2.24, 2.45) is 5.92 Å². The third-order valence-corrected chi connectivity index (χ3v) is 6.49. The Morgan fingerprint density at radius 2 is 1.76 bits per heavy atom. The van der Waals surface area contributed by atoms with Crippen molar-refractivity contribution in [1.29, 1.82) is 0 Å². The van der Waals surface area contributed by atoms with Crippen LogP contribution in [0.2, 0.25) is 5.02 Å². The van der Waals surface area contributed by atoms with E-state index in [4.69, 9.17) is 16.4 Å². The first-order chi connectivity index (χ1) is 14.0. The number of benzene rings is 2. The summed E-state index contributed by atoms with van der Waals surface area (Å²) in [5.41, 5.74) is 2.32. The number of thiophene rings is 1. The van der Waals surface area contributed by atoms with Crippen molar-refractivity contribution < 1.29 is 14.4 Å². The van der Waals surface area contributed by atoms with Crippen LogP contribution in [0.1, 0.15) is 16.5 Å². The molecule has 2 aliphatic rings. The number of hydroxylamine groups is 1. The Morgan fingerprint density at radius 1 is 0.966 bits per heavy atom. The first kappa shape index (κ1) is 18.4. The predicted octanol–water partition coefficient (Wildman–Crippen LogP) is 4.76. The molecule has 2 amide bonds. The first-order valence-electron chi connectivity index (χ1n) is 9.24. The lowest BCUT2D eigenvalue weighted by Crippen LogP contribution is -2.37. The lowest BCUT2D eigenvalue weighted by Gasteiger charge is -2.28. The highest BCUT2D eigenvalue weighted by Crippen LogP contribution is 2.48. The van der Waals surface area contributed by atoms with Gasteiger partial charge in [0.25, 0.3) is 5.91 Å². The molecule has 0 N–H and O–H groups in total. The zero-order chi connectivity index (χ0) is 20.1. The van der Waals surface area contributed by atoms with Crippen molar-refractivity contribution in [2.45, 2.75) is 19.1 Å². The van der Waals surface area contributed by atoms with Crippen LogP contribution in [0.15, 0.2) is 66.0 Å². The number of anilines is 2. The maximum atomic E-state index is 13.4. The molecule has 2 aromatic carbocycles. The molecule has 0 spiro atoms. The average molecular weight is 425 g/mol. The largest absolute Gasteiger partial charge is 0.273 e. The monoisotopic (exact) mass is 424 g/mol. The molecule has 29 heavy (non-hydrogen) atoms. The van der Waals surface area contributed by atoms with Crippen molar-refractivity contribution in [3.63, 3.8) is 0 Å². The molecule has 0 unspecified atom stereocenters. The van der Waals surface area contributed by atoms with Crippen molar-refractivity contribution in [2.75, 3.05) is 9.96 Å². The Balaban J connectivity index is 1.57. The highest BCUT2D eigenvalue weighted by molar-refractivity contribution is 7.10. The summed E-state index contributed by atoms with van der Waals surface area (Å²) in [6.07, 6.45) is -0.856. The van der Waals surface area contributed by atoms with Crippen molar-refractivity contribution >= 4 is 46.1 Å². The van der Waals surface area contributed by atoms with Gasteiger partial charge in [-0.25, -0.2) is 9.96 Å². The molecule has 2 fully saturated rings. The number of fused-ring (bicyclic) bond motifs is 1. The van der Waals surface area contributed by atoms with E-state index in [-0.39, 0.29) is 17.9 Å². The Morgan fingerprint density at radius 3 is 2.45 bits per heavy atom. The molecule has 0 bridgehead atoms. The van der Waals surface area contributed by atoms with Crippen molar-refractivity contribution in [3.8, 4) is 0 Å². The number of hydrogen-bond acceptors (Lipinski definition) is 5. The van der Waals surface area contributed by atoms with E-state index in [1.54, 1.807) is 34.6 Å². The smallest absolute Gasteiger partial charge is 0.266 e. The number of halogens is 1. The molecule has 1 aromatic heterocycles. The second-order valence-electron chi connectivity index (χ2n) is 7.17. The van der Waals surface area contributed by atoms with Gasteiger partial charge in [0.2, 0.25) is 5.91 Å². The Labute approximate surface area is 177 Å². The van der Waals surface area contributed by atoms with E-state index in [1.165, 1.54) is 4.90 Å². The van der Waals surface area contributed by atoms with Crippen LogP contribution in [0.3, 0.4) is 0 Å². The maximum absolute atomic E-state index is 13.4. The number of carbonyl (C=O) groups is 2. The summed E-state index contributed by atoms with van der Waals surface area (Å²) in [5.74, 6) is -1.18. The Kier molecular flexibility index (Phi) is 4.42. The molecule has 7 heteroatoms. The van der Waals surface area contributed by atoms with Crippen LogP contribution in [0.25, 0.3) is 0 Å². The molecular formula is C22H17ClN2O3S. The molecule has 146 valence electrons. The number of rotatable bonds is 3. The van der Waals surface area contributed by atoms with E-state index in [0.717, 1.165) is 16.1 Å². The van der Waals surface area contributed by atoms with Gasteiger partial charge in [-0.2, -0.15) is 0 Å². The number of aryl methyl sites for hydroxylation is 1. The van der Waals surface area contributed by atoms with Gasteiger partial charge in [-0.3, -0.25) is 14.4 Å². The lowest BCUT2D eigenvalue weighted by molar-refractivity contribution is -0.126. The fourth-order valence-corrected chi connectivity index (χ4v) is 4.98. The number of nitrogens with zero attached hydrogens (tertiary/aromatic N) is 2. The minimum Gasteiger partial charge on any atom is -0.273 e. The molecule has 0 radical (unpaired) electrons. The molecule has 5 nitrogen and oxygen atoms in total. The summed E-state index contributed by atoms with van der Waals surface area (Å²) < 4.78 is 0. The minimum atomic E-state index is -0.856. The molecule has 3 atom stereocenters. The SMILES string of the molecule is Cc1cccc(N2C(=O)[C@H]3[C@@H](c4cccs4)N(c4ccc(Cl)cc4)O[C@H]3C2=O)c1. The third kappa shape index (κ3) is 2.95. The third-order valence-electron chi connectivity index (χ3n) is 5.29. The summed E-state index contributed by atoms with van der Waals surface area (Å²) in [6, 6.07) is 18.1. The normalized spacial score (nSPS) is 23.7. The second kappa shape index (κ2) is 6.99. The summed E-state index contributed by atoms with van der Waals surface area (Å²) >= 11 is 7.57. The predicted molar refractivity (Wildman–Crippen MR) is 113 cm³/mol. The molecule has 2 aliphatic heterocycles. The summed E-state index contributed by atoms with van der Waals surface area (Å²) in [4.78, 5) is 35.0. The zero-order valence-corrected chi connectivity index (χ0v) is 17.1. The van der Waals surface area contributed by atoms with Gasteiger partial charge >= 0.3 is 0 Å². The van der Waals surface area contributed by atoms with E-state index < -0.39 is 12.0 Å². The van der Waals surface area contributed by atoms with Crippen molar-refractivity contribution in [3.05, 3.63) is 81.5 Å². The molecule has 2 saturated heterocycles. The van der Waals surface area contributed by atoms with Crippen LogP contribution in [0, 0.1) is 12.8 Å². The topological polar surface area (TPSA) is 49.9 Å². The molecular weight excluding hydrogens is 408 g/mol. The van der Waals surface area contributed by atoms with Crippen LogP contribution in [0.4, 0.5) is 11.4 Å². The highest BCUT2D eigenvalue weighted by atomic mass is 35.5. The van der Waals surface area contributed by atoms with E-state index >= 15 is 0 Å². The standard InChI is InChI=1S/C22H17ClN2O3S/c1-13-4-2-5-16(12-13)24-21(26)18-19(17-6-3-11-29-17)25(28-20(18)22(24)27)15-9-7-14(23)8-10-15/h2-12,18-20H,1H3/t18-,19+,20+/m0/s1. The maximum Gasteiger partial charge on any atom is 0.266 e. The van der Waals surface area contributed by atoms with Crippen molar-refractivity contribution in [1.82, 2.24) is 0 Å². The van der Waals surface area contributed by atoms with E-state index in [1.807, 2.05) is 54.8 Å². The number of amides is 2. The first-order valence-corrected chi connectivity index (χ1v) is 10.5. The van der Waals surface area contributed by atoms with Gasteiger partial charge in [0.05, 0.1) is 11.4 Å². The highest BCUT2D eigenvalue weighted by Gasteiger charge is 2.60. The summed E-state index contributed by atoms with van der Waals surface area (Å²) in [7, 11) is 0. The van der Waals surface area contributed by atoms with E-state index in [2.05, 4.69) is 0 Å². The van der Waals surface area contributed by atoms with E-state index in [0.29, 0.717) is 10.7 Å². The number of carbonyl (C=O) groups excluding carboxylic acids is 2. The van der Waals surface area contributed by atoms with Crippen LogP contribution in [0.5, 0.6) is 0 Å². The molecule has 3 heterocycles. The lowest BCUT2D eigenvalue weighted by atomic mass is 9.95. The molecule has 5 rings (SSSR count). The summed E-state index contributed by atoms with van der Waals surface area (Å²) in [5, 5.41) is 4.25. The molecule has 0 saturated carbocycles. The van der Waals surface area contributed by atoms with Crippen LogP contribution in [-0.2, 0) is 14.4 Å². The van der Waals surface area contributed by atoms with Gasteiger partial charge in [0, 0.05) is 9.90 Å². The minimum absolute atomic E-state index is 0.236. The quantitative estimate of drug-likeness (QED) is 0.569. The Hall–Kier alpha value is -2.67. The van der Waals surface area contributed by atoms with Gasteiger partial charge in [-0.05, 0) is 60.3 Å². The molecule has 0 aliphatic carbocycles. The number of hydrogen-bond donors (Lipinski definition) is 0. The fourth-order valence-electron chi connectivity index (χ4n) is 4.00. The average Bonchev–Trinajstić information content (AvgIpc) is 3.40. The van der Waals surface area contributed by atoms with Gasteiger partial charge in [-0.1, -0.05) is 29.8 Å². The Bertz CT molecular complexity index is 1080. The zero-order valence-electron chi connectivity index (χ0n) is 15.5. The summed E-state index contributed by atoms with van der Waals surface area (Å²) in [6.45, 7) is 1.93. The van der Waals surface area contributed by atoms with Crippen LogP contribution in [-0.4, -0.2) is 17.9 Å². The fraction of sp³-hybridized carbons (Fsp3) is 0.182. The van der Waals surface area contributed by atoms with Gasteiger partial charge in [0.1, 0.15) is 12.0 Å². The number of imide groups is 1.